The lowest BCUT2D eigenvalue weighted by Gasteiger charge is -2.37. The van der Waals surface area contributed by atoms with Crippen molar-refractivity contribution in [2.24, 2.45) is 0 Å². The van der Waals surface area contributed by atoms with Gasteiger partial charge in [0.2, 0.25) is 5.82 Å². The molecule has 1 aromatic heterocycles. The van der Waals surface area contributed by atoms with Gasteiger partial charge < -0.3 is 9.80 Å². The van der Waals surface area contributed by atoms with Gasteiger partial charge in [-0.1, -0.05) is 0 Å². The Morgan fingerprint density at radius 1 is 1.23 bits per heavy atom. The van der Waals surface area contributed by atoms with Crippen molar-refractivity contribution < 1.29 is 14.3 Å². The van der Waals surface area contributed by atoms with Gasteiger partial charge in [0.15, 0.2) is 0 Å². The number of likely N-dealkylation sites (N-methyl/N-ethyl adjacent to an activating group) is 1. The fourth-order valence-corrected chi connectivity index (χ4v) is 2.76. The maximum Gasteiger partial charge on any atom is 0.318 e. The second-order valence-corrected chi connectivity index (χ2v) is 5.85. The number of quaternary nitrogens is 1. The Hall–Kier alpha value is -2.29. The Kier molecular flexibility index (Phi) is 4.86. The molecule has 120 valence electrons. The highest BCUT2D eigenvalue weighted by Gasteiger charge is 2.25. The number of nitrogens with zero attached hydrogens (tertiary/aromatic N) is 4. The zero-order valence-corrected chi connectivity index (χ0v) is 12.5. The van der Waals surface area contributed by atoms with Crippen LogP contribution >= 0.6 is 0 Å². The van der Waals surface area contributed by atoms with Crippen LogP contribution in [-0.2, 0) is 0 Å². The molecule has 1 saturated heterocycles. The predicted octanol–water partition coefficient (Wildman–Crippen LogP) is 1.94. The molecule has 0 atom stereocenters. The van der Waals surface area contributed by atoms with E-state index in [4.69, 9.17) is 0 Å². The fourth-order valence-electron chi connectivity index (χ4n) is 2.76. The third-order valence-corrected chi connectivity index (χ3v) is 4.10. The van der Waals surface area contributed by atoms with Crippen LogP contribution in [0.25, 0.3) is 0 Å². The average Bonchev–Trinajstić information content (AvgIpc) is 2.47. The van der Waals surface area contributed by atoms with Crippen molar-refractivity contribution in [1.29, 1.82) is 0 Å². The number of rotatable bonds is 6. The number of nitro groups is 2. The second kappa shape index (κ2) is 6.65. The zero-order valence-electron chi connectivity index (χ0n) is 12.5. The van der Waals surface area contributed by atoms with Crippen molar-refractivity contribution in [3.63, 3.8) is 0 Å². The molecule has 0 aliphatic carbocycles. The topological polar surface area (TPSA) is 111 Å². The second-order valence-electron chi connectivity index (χ2n) is 5.85. The minimum absolute atomic E-state index is 0.0826. The summed E-state index contributed by atoms with van der Waals surface area (Å²) in [5.41, 5.74) is -0.747. The summed E-state index contributed by atoms with van der Waals surface area (Å²) < 4.78 is 0.938. The van der Waals surface area contributed by atoms with Crippen LogP contribution in [0.4, 0.5) is 17.2 Å². The van der Waals surface area contributed by atoms with E-state index in [1.807, 2.05) is 0 Å². The SMILES string of the molecule is C[N+]1(CCNc2ncc([N+](=O)[O-])cc2[N+](=O)[O-])CCCCC1. The summed E-state index contributed by atoms with van der Waals surface area (Å²) in [7, 11) is 2.18. The zero-order chi connectivity index (χ0) is 16.2. The Morgan fingerprint density at radius 3 is 2.50 bits per heavy atom. The van der Waals surface area contributed by atoms with E-state index >= 15 is 0 Å². The number of anilines is 1. The van der Waals surface area contributed by atoms with Crippen LogP contribution in [0.2, 0.25) is 0 Å². The molecule has 1 aliphatic heterocycles. The van der Waals surface area contributed by atoms with Gasteiger partial charge in [-0.05, 0) is 19.3 Å². The number of likely N-dealkylation sites (tertiary alicyclic amines) is 1. The minimum atomic E-state index is -0.691. The van der Waals surface area contributed by atoms with Gasteiger partial charge in [-0.25, -0.2) is 4.98 Å². The number of nitrogens with one attached hydrogen (secondary N) is 1. The number of piperidine rings is 1. The molecule has 0 radical (unpaired) electrons. The van der Waals surface area contributed by atoms with Gasteiger partial charge in [-0.3, -0.25) is 20.2 Å². The van der Waals surface area contributed by atoms with Crippen molar-refractivity contribution in [2.45, 2.75) is 19.3 Å². The van der Waals surface area contributed by atoms with Crippen molar-refractivity contribution in [1.82, 2.24) is 4.98 Å². The minimum Gasteiger partial charge on any atom is -0.359 e. The van der Waals surface area contributed by atoms with Crippen molar-refractivity contribution in [2.75, 3.05) is 38.5 Å². The molecule has 2 rings (SSSR count). The van der Waals surface area contributed by atoms with Crippen LogP contribution in [0.5, 0.6) is 0 Å². The maximum absolute atomic E-state index is 11.0. The average molecular weight is 310 g/mol. The lowest BCUT2D eigenvalue weighted by molar-refractivity contribution is -0.912. The first-order valence-electron chi connectivity index (χ1n) is 7.27. The Bertz CT molecular complexity index is 572. The van der Waals surface area contributed by atoms with Crippen LogP contribution < -0.4 is 5.32 Å². The molecule has 0 amide bonds. The fraction of sp³-hybridized carbons (Fsp3) is 0.615. The highest BCUT2D eigenvalue weighted by atomic mass is 16.6. The van der Waals surface area contributed by atoms with Crippen molar-refractivity contribution in [3.8, 4) is 0 Å². The molecule has 0 saturated carbocycles. The van der Waals surface area contributed by atoms with E-state index in [1.165, 1.54) is 19.3 Å². The van der Waals surface area contributed by atoms with Gasteiger partial charge in [0.05, 0.1) is 49.1 Å². The molecule has 9 nitrogen and oxygen atoms in total. The van der Waals surface area contributed by atoms with Crippen LogP contribution in [0.3, 0.4) is 0 Å². The molecule has 1 aliphatic rings. The third-order valence-electron chi connectivity index (χ3n) is 4.10. The number of aromatic nitrogens is 1. The molecule has 0 aromatic carbocycles. The smallest absolute Gasteiger partial charge is 0.318 e. The number of pyridine rings is 1. The standard InChI is InChI=1S/C13H20N5O4/c1-18(6-3-2-4-7-18)8-5-14-13-12(17(21)22)9-11(10-15-13)16(19)20/h9-10H,2-8H2,1H3,(H,14,15)/q+1. The summed E-state index contributed by atoms with van der Waals surface area (Å²) in [5.74, 6) is 0.0826. The molecular weight excluding hydrogens is 290 g/mol. The van der Waals surface area contributed by atoms with Gasteiger partial charge in [-0.15, -0.1) is 0 Å². The third kappa shape index (κ3) is 3.88. The summed E-state index contributed by atoms with van der Waals surface area (Å²) >= 11 is 0. The Morgan fingerprint density at radius 2 is 1.91 bits per heavy atom. The summed E-state index contributed by atoms with van der Waals surface area (Å²) in [6.07, 6.45) is 4.70. The Balaban J connectivity index is 2.02. The van der Waals surface area contributed by atoms with Crippen molar-refractivity contribution >= 4 is 17.2 Å². The van der Waals surface area contributed by atoms with Gasteiger partial charge in [0.1, 0.15) is 6.20 Å². The summed E-state index contributed by atoms with van der Waals surface area (Å²) in [6, 6.07) is 0.937. The summed E-state index contributed by atoms with van der Waals surface area (Å²) in [5, 5.41) is 24.6. The van der Waals surface area contributed by atoms with E-state index in [-0.39, 0.29) is 17.2 Å². The highest BCUT2D eigenvalue weighted by molar-refractivity contribution is 5.59. The van der Waals surface area contributed by atoms with E-state index in [1.54, 1.807) is 0 Å². The molecule has 9 heteroatoms. The van der Waals surface area contributed by atoms with Crippen LogP contribution in [0.1, 0.15) is 19.3 Å². The largest absolute Gasteiger partial charge is 0.359 e. The predicted molar refractivity (Wildman–Crippen MR) is 80.7 cm³/mol. The number of hydrogen-bond acceptors (Lipinski definition) is 6. The van der Waals surface area contributed by atoms with E-state index in [0.717, 1.165) is 36.4 Å². The quantitative estimate of drug-likeness (QED) is 0.488. The summed E-state index contributed by atoms with van der Waals surface area (Å²) in [4.78, 5) is 24.2. The van der Waals surface area contributed by atoms with Gasteiger partial charge in [0.25, 0.3) is 5.69 Å². The van der Waals surface area contributed by atoms with Gasteiger partial charge in [0, 0.05) is 0 Å². The molecule has 0 spiro atoms. The maximum atomic E-state index is 11.0. The van der Waals surface area contributed by atoms with E-state index in [2.05, 4.69) is 17.3 Å². The van der Waals surface area contributed by atoms with Crippen LogP contribution in [0, 0.1) is 20.2 Å². The molecule has 0 unspecified atom stereocenters. The molecule has 1 fully saturated rings. The molecule has 0 bridgehead atoms. The molecular formula is C13H20N5O4+. The highest BCUT2D eigenvalue weighted by Crippen LogP contribution is 2.26. The van der Waals surface area contributed by atoms with E-state index < -0.39 is 9.85 Å². The van der Waals surface area contributed by atoms with Crippen molar-refractivity contribution in [3.05, 3.63) is 32.5 Å². The first kappa shape index (κ1) is 16.1. The monoisotopic (exact) mass is 310 g/mol. The lowest BCUT2D eigenvalue weighted by atomic mass is 10.1. The first-order valence-corrected chi connectivity index (χ1v) is 7.27. The normalized spacial score (nSPS) is 17.0. The van der Waals surface area contributed by atoms with Crippen LogP contribution in [-0.4, -0.2) is 52.5 Å². The van der Waals surface area contributed by atoms with E-state index in [9.17, 15) is 20.2 Å². The summed E-state index contributed by atoms with van der Waals surface area (Å²) in [6.45, 7) is 3.60. The molecule has 1 N–H and O–H groups in total. The van der Waals surface area contributed by atoms with Crippen LogP contribution in [0.15, 0.2) is 12.3 Å². The Labute approximate surface area is 127 Å². The number of hydrogen-bond donors (Lipinski definition) is 1. The molecule has 2 heterocycles. The van der Waals surface area contributed by atoms with E-state index in [0.29, 0.717) is 6.54 Å². The first-order chi connectivity index (χ1) is 10.4. The lowest BCUT2D eigenvalue weighted by Crippen LogP contribution is -2.50. The molecule has 22 heavy (non-hydrogen) atoms. The van der Waals surface area contributed by atoms with Gasteiger partial charge >= 0.3 is 5.69 Å². The van der Waals surface area contributed by atoms with Gasteiger partial charge in [-0.2, -0.15) is 0 Å². The molecule has 1 aromatic rings.